The second-order valence-electron chi connectivity index (χ2n) is 13.0. The summed E-state index contributed by atoms with van der Waals surface area (Å²) in [6.45, 7) is 8.44. The van der Waals surface area contributed by atoms with E-state index >= 15 is 8.78 Å². The van der Waals surface area contributed by atoms with Crippen LogP contribution in [0.4, 0.5) is 23.4 Å². The summed E-state index contributed by atoms with van der Waals surface area (Å²) in [6, 6.07) is 5.87. The number of alkyl halides is 2. The number of hydrogen-bond acceptors (Lipinski definition) is 9. The smallest absolute Gasteiger partial charge is 0.319 e. The Labute approximate surface area is 302 Å². The average Bonchev–Trinajstić information content (AvgIpc) is 3.13. The van der Waals surface area contributed by atoms with Crippen molar-refractivity contribution in [2.75, 3.05) is 59.1 Å². The van der Waals surface area contributed by atoms with Crippen LogP contribution in [-0.4, -0.2) is 86.1 Å². The molecule has 0 spiro atoms. The highest BCUT2D eigenvalue weighted by Crippen LogP contribution is 2.41. The van der Waals surface area contributed by atoms with Gasteiger partial charge in [-0.05, 0) is 75.8 Å². The molecule has 6 rings (SSSR count). The third kappa shape index (κ3) is 8.51. The van der Waals surface area contributed by atoms with Crippen molar-refractivity contribution < 1.29 is 31.8 Å². The summed E-state index contributed by atoms with van der Waals surface area (Å²) in [5.74, 6) is 0.383. The molecule has 2 aromatic carbocycles. The van der Waals surface area contributed by atoms with E-state index in [1.54, 1.807) is 18.2 Å². The van der Waals surface area contributed by atoms with Gasteiger partial charge in [0.15, 0.2) is 12.6 Å². The lowest BCUT2D eigenvalue weighted by molar-refractivity contribution is -0.0142. The molecule has 0 saturated carbocycles. The van der Waals surface area contributed by atoms with E-state index in [1.807, 2.05) is 25.8 Å². The van der Waals surface area contributed by atoms with Gasteiger partial charge in [-0.1, -0.05) is 32.8 Å². The summed E-state index contributed by atoms with van der Waals surface area (Å²) in [7, 11) is 3.36. The number of aromatic nitrogens is 3. The van der Waals surface area contributed by atoms with Crippen LogP contribution >= 0.6 is 0 Å². The van der Waals surface area contributed by atoms with Crippen molar-refractivity contribution in [1.29, 1.82) is 0 Å². The molecule has 2 aliphatic heterocycles. The molecule has 0 aliphatic carbocycles. The Morgan fingerprint density at radius 1 is 1.10 bits per heavy atom. The number of benzene rings is 2. The minimum Gasteiger partial charge on any atom is -0.468 e. The van der Waals surface area contributed by atoms with Gasteiger partial charge in [-0.25, -0.2) is 22.5 Å². The van der Waals surface area contributed by atoms with Crippen molar-refractivity contribution in [3.8, 4) is 35.4 Å². The van der Waals surface area contributed by atoms with Crippen LogP contribution in [0, 0.1) is 35.8 Å². The molecule has 9 nitrogen and oxygen atoms in total. The molecule has 0 amide bonds. The molecule has 3 atom stereocenters. The van der Waals surface area contributed by atoms with E-state index in [4.69, 9.17) is 25.6 Å². The van der Waals surface area contributed by atoms with Gasteiger partial charge in [0.05, 0.1) is 23.3 Å². The van der Waals surface area contributed by atoms with Crippen molar-refractivity contribution in [2.45, 2.75) is 65.3 Å². The second-order valence-corrected chi connectivity index (χ2v) is 13.0. The van der Waals surface area contributed by atoms with Crippen LogP contribution in [0.15, 0.2) is 24.3 Å². The zero-order valence-electron chi connectivity index (χ0n) is 30.5. The normalized spacial score (nSPS) is 19.0. The Bertz CT molecular complexity index is 1890. The highest BCUT2D eigenvalue weighted by molar-refractivity contribution is 6.03. The SMILES string of the molecule is C#Cc1c(F)ccc2cc(OCOC)cc(-c3nc4c5c(nc(OCC6CN(C)CCC6C(F)F)nc5c3F)NC(CNCCC)CCC4)c12.CC. The number of halogens is 4. The van der Waals surface area contributed by atoms with Gasteiger partial charge >= 0.3 is 6.01 Å². The fourth-order valence-corrected chi connectivity index (χ4v) is 7.01. The lowest BCUT2D eigenvalue weighted by Crippen LogP contribution is -2.43. The highest BCUT2D eigenvalue weighted by atomic mass is 19.3. The number of hydrogen-bond donors (Lipinski definition) is 2. The first-order chi connectivity index (χ1) is 25.2. The first-order valence-corrected chi connectivity index (χ1v) is 18.0. The average molecular weight is 725 g/mol. The van der Waals surface area contributed by atoms with E-state index < -0.39 is 29.9 Å². The maximum atomic E-state index is 17.1. The second kappa shape index (κ2) is 18.0. The van der Waals surface area contributed by atoms with E-state index in [9.17, 15) is 8.78 Å². The Balaban J connectivity index is 0.00000257. The Kier molecular flexibility index (Phi) is 13.5. The summed E-state index contributed by atoms with van der Waals surface area (Å²) >= 11 is 0. The molecule has 13 heteroatoms. The molecule has 280 valence electrons. The summed E-state index contributed by atoms with van der Waals surface area (Å²) in [5, 5.41) is 8.13. The van der Waals surface area contributed by atoms with Gasteiger partial charge < -0.3 is 29.7 Å². The molecule has 4 heterocycles. The number of ether oxygens (including phenoxy) is 3. The molecule has 3 unspecified atom stereocenters. The number of nitrogens with one attached hydrogen (secondary N) is 2. The highest BCUT2D eigenvalue weighted by Gasteiger charge is 2.35. The minimum atomic E-state index is -2.49. The van der Waals surface area contributed by atoms with Crippen molar-refractivity contribution in [3.05, 3.63) is 47.2 Å². The molecular weight excluding hydrogens is 676 g/mol. The van der Waals surface area contributed by atoms with E-state index in [1.165, 1.54) is 13.2 Å². The van der Waals surface area contributed by atoms with Crippen LogP contribution in [0.25, 0.3) is 32.9 Å². The number of fused-ring (bicyclic) bond motifs is 1. The molecule has 2 N–H and O–H groups in total. The van der Waals surface area contributed by atoms with Crippen LogP contribution in [0.3, 0.4) is 0 Å². The number of rotatable bonds is 12. The van der Waals surface area contributed by atoms with Crippen molar-refractivity contribution in [2.24, 2.45) is 11.8 Å². The molecule has 0 bridgehead atoms. The van der Waals surface area contributed by atoms with E-state index in [2.05, 4.69) is 33.4 Å². The molecule has 4 aromatic rings. The molecule has 1 fully saturated rings. The molecular formula is C39H48F4N6O3. The first kappa shape index (κ1) is 39.0. The molecule has 0 radical (unpaired) electrons. The molecule has 52 heavy (non-hydrogen) atoms. The quantitative estimate of drug-likeness (QED) is 0.0670. The monoisotopic (exact) mass is 724 g/mol. The number of methoxy groups -OCH3 is 1. The van der Waals surface area contributed by atoms with Crippen LogP contribution in [0.1, 0.15) is 57.7 Å². The van der Waals surface area contributed by atoms with Gasteiger partial charge in [-0.3, -0.25) is 0 Å². The topological polar surface area (TPSA) is 93.7 Å². The Morgan fingerprint density at radius 3 is 2.63 bits per heavy atom. The maximum Gasteiger partial charge on any atom is 0.319 e. The standard InChI is InChI=1S/C37H42F4N6O3.C2H6/c1-5-13-42-17-23-8-7-9-29-31-34(45-37(46-36(31)43-23)49-19-22-18-47(3)14-12-26(22)35(40)41)32(39)33(44-29)27-16-24(50-20-48-4)15-21-10-11-28(38)25(6-2)30(21)27;1-2/h2,10-11,15-16,22-23,26,35,42H,5,7-9,12-14,17-20H2,1,3-4H3,(H,43,45,46);1-2H3. The number of anilines is 1. The van der Waals surface area contributed by atoms with Crippen LogP contribution < -0.4 is 20.1 Å². The Hall–Kier alpha value is -4.25. The number of pyridine rings is 1. The lowest BCUT2D eigenvalue weighted by Gasteiger charge is -2.35. The van der Waals surface area contributed by atoms with E-state index in [0.29, 0.717) is 65.9 Å². The molecule has 1 saturated heterocycles. The fraction of sp³-hybridized carbons (Fsp3) is 0.513. The number of nitrogens with zero attached hydrogens (tertiary/aromatic N) is 4. The van der Waals surface area contributed by atoms with Gasteiger partial charge in [0.2, 0.25) is 6.43 Å². The number of piperidine rings is 1. The van der Waals surface area contributed by atoms with E-state index in [0.717, 1.165) is 25.8 Å². The third-order valence-electron chi connectivity index (χ3n) is 9.49. The predicted molar refractivity (Wildman–Crippen MR) is 196 cm³/mol. The van der Waals surface area contributed by atoms with Gasteiger partial charge in [-0.15, -0.1) is 6.42 Å². The zero-order chi connectivity index (χ0) is 37.4. The summed E-state index contributed by atoms with van der Waals surface area (Å²) in [4.78, 5) is 16.1. The summed E-state index contributed by atoms with van der Waals surface area (Å²) < 4.78 is 77.1. The third-order valence-corrected chi connectivity index (χ3v) is 9.49. The predicted octanol–water partition coefficient (Wildman–Crippen LogP) is 7.44. The number of terminal acetylenes is 1. The van der Waals surface area contributed by atoms with Crippen LogP contribution in [0.2, 0.25) is 0 Å². The molecule has 2 aromatic heterocycles. The summed E-state index contributed by atoms with van der Waals surface area (Å²) in [5.41, 5.74) is 0.586. The summed E-state index contributed by atoms with van der Waals surface area (Å²) in [6.07, 6.45) is 6.60. The first-order valence-electron chi connectivity index (χ1n) is 18.0. The van der Waals surface area contributed by atoms with Gasteiger partial charge in [0, 0.05) is 49.0 Å². The van der Waals surface area contributed by atoms with Gasteiger partial charge in [0.25, 0.3) is 0 Å². The minimum absolute atomic E-state index is 0.0293. The fourth-order valence-electron chi connectivity index (χ4n) is 7.01. The molecule has 2 aliphatic rings. The van der Waals surface area contributed by atoms with Crippen LogP contribution in [0.5, 0.6) is 11.8 Å². The Morgan fingerprint density at radius 2 is 1.90 bits per heavy atom. The van der Waals surface area contributed by atoms with Crippen molar-refractivity contribution in [1.82, 2.24) is 25.2 Å². The number of aryl methyl sites for hydroxylation is 1. The number of likely N-dealkylation sites (tertiary alicyclic amines) is 1. The van der Waals surface area contributed by atoms with E-state index in [-0.39, 0.29) is 47.8 Å². The van der Waals surface area contributed by atoms with Gasteiger partial charge in [0.1, 0.15) is 28.6 Å². The van der Waals surface area contributed by atoms with Gasteiger partial charge in [-0.2, -0.15) is 9.97 Å². The van der Waals surface area contributed by atoms with Crippen molar-refractivity contribution in [3.63, 3.8) is 0 Å². The zero-order valence-corrected chi connectivity index (χ0v) is 30.5. The maximum absolute atomic E-state index is 17.1. The van der Waals surface area contributed by atoms with Crippen molar-refractivity contribution >= 4 is 27.5 Å². The lowest BCUT2D eigenvalue weighted by atomic mass is 9.86. The van der Waals surface area contributed by atoms with Crippen LogP contribution in [-0.2, 0) is 11.2 Å². The largest absolute Gasteiger partial charge is 0.468 e.